The standard InChI is InChI=1S/C25H37N3O7S/c1-18-5-2-3-6-20(18)19-9-13-28(14-10-19)36(33,34)17-25(23(30)26-32)11-15-27(16-12-25)24(31)35-22-8-4-7-21(22)29/h2-3,5-6,19,21-22,29,32H,4,7-17H2,1H3,(H,26,30)/t21-,22-/m1/s1. The molecule has 2 aliphatic heterocycles. The zero-order chi connectivity index (χ0) is 25.9. The number of likely N-dealkylation sites (tertiary alicyclic amines) is 1. The third-order valence-electron chi connectivity index (χ3n) is 8.17. The molecule has 2 atom stereocenters. The second kappa shape index (κ2) is 11.0. The Morgan fingerprint density at radius 3 is 2.33 bits per heavy atom. The summed E-state index contributed by atoms with van der Waals surface area (Å²) in [6, 6.07) is 8.15. The van der Waals surface area contributed by atoms with Gasteiger partial charge in [-0.2, -0.15) is 0 Å². The molecule has 200 valence electrons. The number of aryl methyl sites for hydroxylation is 1. The SMILES string of the molecule is Cc1ccccc1C1CCN(S(=O)(=O)CC2(C(=O)NO)CCN(C(=O)O[C@@H]3CCC[C@H]3O)CC2)CC1. The Hall–Kier alpha value is -2.21. The van der Waals surface area contributed by atoms with Crippen molar-refractivity contribution >= 4 is 22.0 Å². The Morgan fingerprint density at radius 1 is 1.08 bits per heavy atom. The highest BCUT2D eigenvalue weighted by Gasteiger charge is 2.47. The van der Waals surface area contributed by atoms with Gasteiger partial charge < -0.3 is 14.7 Å². The van der Waals surface area contributed by atoms with E-state index in [0.29, 0.717) is 44.7 Å². The number of sulfonamides is 1. The molecule has 1 aromatic carbocycles. The molecule has 2 heterocycles. The average molecular weight is 524 g/mol. The van der Waals surface area contributed by atoms with Gasteiger partial charge in [0.05, 0.1) is 17.3 Å². The second-order valence-corrected chi connectivity index (χ2v) is 12.4. The van der Waals surface area contributed by atoms with Crippen LogP contribution in [-0.4, -0.2) is 84.1 Å². The van der Waals surface area contributed by atoms with Crippen molar-refractivity contribution in [3.8, 4) is 0 Å². The monoisotopic (exact) mass is 523 g/mol. The van der Waals surface area contributed by atoms with Gasteiger partial charge in [0.1, 0.15) is 6.10 Å². The zero-order valence-electron chi connectivity index (χ0n) is 20.8. The number of ether oxygens (including phenoxy) is 1. The first-order valence-electron chi connectivity index (χ1n) is 12.8. The van der Waals surface area contributed by atoms with Crippen molar-refractivity contribution in [2.75, 3.05) is 31.9 Å². The number of rotatable bonds is 6. The maximum absolute atomic E-state index is 13.4. The molecule has 1 aliphatic carbocycles. The summed E-state index contributed by atoms with van der Waals surface area (Å²) in [5.41, 5.74) is 2.76. The smallest absolute Gasteiger partial charge is 0.410 e. The maximum atomic E-state index is 13.4. The van der Waals surface area contributed by atoms with E-state index in [1.54, 1.807) is 5.48 Å². The lowest BCUT2D eigenvalue weighted by molar-refractivity contribution is -0.141. The number of aliphatic hydroxyl groups is 1. The summed E-state index contributed by atoms with van der Waals surface area (Å²) < 4.78 is 33.7. The first kappa shape index (κ1) is 26.8. The fourth-order valence-electron chi connectivity index (χ4n) is 5.85. The summed E-state index contributed by atoms with van der Waals surface area (Å²) in [4.78, 5) is 26.7. The van der Waals surface area contributed by atoms with E-state index in [1.807, 2.05) is 12.1 Å². The van der Waals surface area contributed by atoms with Crippen molar-refractivity contribution in [1.29, 1.82) is 0 Å². The summed E-state index contributed by atoms with van der Waals surface area (Å²) in [5, 5.41) is 19.3. The number of piperidine rings is 2. The lowest BCUT2D eigenvalue weighted by Gasteiger charge is -2.41. The van der Waals surface area contributed by atoms with Crippen LogP contribution in [0.5, 0.6) is 0 Å². The van der Waals surface area contributed by atoms with E-state index in [0.717, 1.165) is 6.42 Å². The van der Waals surface area contributed by atoms with Crippen molar-refractivity contribution < 1.29 is 33.1 Å². The highest BCUT2D eigenvalue weighted by atomic mass is 32.2. The Morgan fingerprint density at radius 2 is 1.75 bits per heavy atom. The molecule has 1 aromatic rings. The zero-order valence-corrected chi connectivity index (χ0v) is 21.6. The topological polar surface area (TPSA) is 136 Å². The van der Waals surface area contributed by atoms with E-state index in [9.17, 15) is 28.3 Å². The van der Waals surface area contributed by atoms with Crippen LogP contribution in [-0.2, 0) is 19.6 Å². The van der Waals surface area contributed by atoms with E-state index >= 15 is 0 Å². The predicted molar refractivity (Wildman–Crippen MR) is 132 cm³/mol. The average Bonchev–Trinajstić information content (AvgIpc) is 3.28. The highest BCUT2D eigenvalue weighted by Crippen LogP contribution is 2.37. The van der Waals surface area contributed by atoms with E-state index < -0.39 is 45.4 Å². The molecule has 3 aliphatic rings. The van der Waals surface area contributed by atoms with Crippen LogP contribution in [0.4, 0.5) is 4.79 Å². The maximum Gasteiger partial charge on any atom is 0.410 e. The molecule has 3 fully saturated rings. The van der Waals surface area contributed by atoms with Crippen molar-refractivity contribution in [1.82, 2.24) is 14.7 Å². The number of hydrogen-bond acceptors (Lipinski definition) is 7. The summed E-state index contributed by atoms with van der Waals surface area (Å²) in [7, 11) is -3.78. The molecule has 2 amide bonds. The Labute approximate surface area is 212 Å². The lowest BCUT2D eigenvalue weighted by atomic mass is 9.79. The van der Waals surface area contributed by atoms with Gasteiger partial charge in [-0.05, 0) is 68.9 Å². The van der Waals surface area contributed by atoms with Crippen LogP contribution in [0.25, 0.3) is 0 Å². The quantitative estimate of drug-likeness (QED) is 0.384. The molecule has 11 heteroatoms. The van der Waals surface area contributed by atoms with Gasteiger partial charge in [0, 0.05) is 26.2 Å². The molecule has 1 saturated carbocycles. The normalized spacial score (nSPS) is 25.5. The van der Waals surface area contributed by atoms with Crippen LogP contribution < -0.4 is 5.48 Å². The second-order valence-electron chi connectivity index (χ2n) is 10.4. The summed E-state index contributed by atoms with van der Waals surface area (Å²) in [6.07, 6.45) is 1.80. The highest BCUT2D eigenvalue weighted by molar-refractivity contribution is 7.89. The van der Waals surface area contributed by atoms with Crippen LogP contribution in [0.2, 0.25) is 0 Å². The number of benzene rings is 1. The van der Waals surface area contributed by atoms with Gasteiger partial charge >= 0.3 is 6.09 Å². The molecule has 0 radical (unpaired) electrons. The summed E-state index contributed by atoms with van der Waals surface area (Å²) >= 11 is 0. The molecule has 36 heavy (non-hydrogen) atoms. The van der Waals surface area contributed by atoms with E-state index in [-0.39, 0.29) is 25.9 Å². The number of carbonyl (C=O) groups is 2. The molecule has 4 rings (SSSR count). The Balaban J connectivity index is 1.38. The van der Waals surface area contributed by atoms with Crippen molar-refractivity contribution in [3.63, 3.8) is 0 Å². The third-order valence-corrected chi connectivity index (χ3v) is 10.2. The Bertz CT molecular complexity index is 1050. The minimum atomic E-state index is -3.78. The first-order valence-corrected chi connectivity index (χ1v) is 14.4. The van der Waals surface area contributed by atoms with E-state index in [4.69, 9.17) is 4.74 Å². The Kier molecular flexibility index (Phi) is 8.23. The van der Waals surface area contributed by atoms with Gasteiger partial charge in [-0.25, -0.2) is 23.0 Å². The molecular formula is C25H37N3O7S. The van der Waals surface area contributed by atoms with Crippen LogP contribution >= 0.6 is 0 Å². The van der Waals surface area contributed by atoms with Crippen LogP contribution in [0, 0.1) is 12.3 Å². The number of nitrogens with zero attached hydrogens (tertiary/aromatic N) is 2. The number of hydrogen-bond donors (Lipinski definition) is 3. The fraction of sp³-hybridized carbons (Fsp3) is 0.680. The van der Waals surface area contributed by atoms with Crippen LogP contribution in [0.1, 0.15) is 62.0 Å². The largest absolute Gasteiger partial charge is 0.443 e. The van der Waals surface area contributed by atoms with Crippen molar-refractivity contribution in [2.45, 2.75) is 70.0 Å². The molecule has 10 nitrogen and oxygen atoms in total. The molecule has 2 saturated heterocycles. The molecule has 0 aromatic heterocycles. The van der Waals surface area contributed by atoms with E-state index in [2.05, 4.69) is 19.1 Å². The first-order chi connectivity index (χ1) is 17.1. The summed E-state index contributed by atoms with van der Waals surface area (Å²) in [5.74, 6) is -0.883. The van der Waals surface area contributed by atoms with Crippen molar-refractivity contribution in [3.05, 3.63) is 35.4 Å². The number of amides is 2. The molecule has 0 spiro atoms. The summed E-state index contributed by atoms with van der Waals surface area (Å²) in [6.45, 7) is 3.06. The fourth-order valence-corrected chi connectivity index (χ4v) is 7.92. The van der Waals surface area contributed by atoms with Gasteiger partial charge in [-0.3, -0.25) is 10.0 Å². The minimum absolute atomic E-state index is 0.0839. The van der Waals surface area contributed by atoms with Crippen molar-refractivity contribution in [2.24, 2.45) is 5.41 Å². The predicted octanol–water partition coefficient (Wildman–Crippen LogP) is 2.14. The number of carbonyl (C=O) groups excluding carboxylic acids is 2. The lowest BCUT2D eigenvalue weighted by Crippen LogP contribution is -2.55. The van der Waals surface area contributed by atoms with Gasteiger partial charge in [0.2, 0.25) is 10.0 Å². The number of nitrogens with one attached hydrogen (secondary N) is 1. The number of hydroxylamine groups is 1. The molecule has 0 unspecified atom stereocenters. The minimum Gasteiger partial charge on any atom is -0.443 e. The molecule has 3 N–H and O–H groups in total. The van der Waals surface area contributed by atoms with Gasteiger partial charge in [0.25, 0.3) is 5.91 Å². The molecular weight excluding hydrogens is 486 g/mol. The third kappa shape index (κ3) is 5.69. The van der Waals surface area contributed by atoms with E-state index in [1.165, 1.54) is 20.3 Å². The van der Waals surface area contributed by atoms with Gasteiger partial charge in [-0.15, -0.1) is 0 Å². The molecule has 0 bridgehead atoms. The van der Waals surface area contributed by atoms with Gasteiger partial charge in [-0.1, -0.05) is 24.3 Å². The van der Waals surface area contributed by atoms with Crippen LogP contribution in [0.15, 0.2) is 24.3 Å². The van der Waals surface area contributed by atoms with Crippen LogP contribution in [0.3, 0.4) is 0 Å². The number of aliphatic hydroxyl groups excluding tert-OH is 1. The van der Waals surface area contributed by atoms with Gasteiger partial charge in [0.15, 0.2) is 0 Å².